The fourth-order valence-corrected chi connectivity index (χ4v) is 6.24. The predicted molar refractivity (Wildman–Crippen MR) is 153 cm³/mol. The summed E-state index contributed by atoms with van der Waals surface area (Å²) in [6.45, 7) is 9.44. The van der Waals surface area contributed by atoms with E-state index in [1.807, 2.05) is 36.9 Å². The average molecular weight is 556 g/mol. The second-order valence-electron chi connectivity index (χ2n) is 9.87. The summed E-state index contributed by atoms with van der Waals surface area (Å²) in [4.78, 5) is 15.2. The van der Waals surface area contributed by atoms with Gasteiger partial charge in [0.25, 0.3) is 5.91 Å². The van der Waals surface area contributed by atoms with E-state index in [1.54, 1.807) is 42.5 Å². The molecule has 1 amide bonds. The molecule has 0 bridgehead atoms. The van der Waals surface area contributed by atoms with Crippen LogP contribution in [0.25, 0.3) is 0 Å². The quantitative estimate of drug-likeness (QED) is 0.391. The number of para-hydroxylation sites is 1. The molecule has 1 aliphatic rings. The van der Waals surface area contributed by atoms with E-state index in [2.05, 4.69) is 19.2 Å². The lowest BCUT2D eigenvalue weighted by Gasteiger charge is -2.36. The Bertz CT molecular complexity index is 1400. The smallest absolute Gasteiger partial charge is 0.262 e. The zero-order chi connectivity index (χ0) is 27.4. The molecule has 1 saturated heterocycles. The summed E-state index contributed by atoms with van der Waals surface area (Å²) in [5, 5.41) is 3.42. The number of hydrogen-bond acceptors (Lipinski definition) is 5. The Morgan fingerprint density at radius 2 is 1.63 bits per heavy atom. The molecule has 202 valence electrons. The van der Waals surface area contributed by atoms with Crippen molar-refractivity contribution in [3.8, 4) is 5.75 Å². The lowest BCUT2D eigenvalue weighted by Crippen LogP contribution is -2.49. The highest BCUT2D eigenvalue weighted by atomic mass is 35.5. The fourth-order valence-electron chi connectivity index (χ4n) is 4.52. The van der Waals surface area contributed by atoms with Gasteiger partial charge in [0.1, 0.15) is 5.75 Å². The van der Waals surface area contributed by atoms with E-state index in [9.17, 15) is 13.2 Å². The normalized spacial score (nSPS) is 14.5. The maximum atomic E-state index is 13.1. The molecule has 9 heteroatoms. The van der Waals surface area contributed by atoms with Crippen LogP contribution in [0.15, 0.2) is 65.6 Å². The molecular formula is C29H34ClN3O4S. The summed E-state index contributed by atoms with van der Waals surface area (Å²) in [6, 6.07) is 18.2. The molecule has 0 radical (unpaired) electrons. The van der Waals surface area contributed by atoms with Crippen molar-refractivity contribution in [2.24, 2.45) is 0 Å². The molecule has 1 fully saturated rings. The van der Waals surface area contributed by atoms with Crippen LogP contribution in [-0.4, -0.2) is 51.4 Å². The van der Waals surface area contributed by atoms with Crippen LogP contribution < -0.4 is 15.0 Å². The summed E-state index contributed by atoms with van der Waals surface area (Å²) in [6.07, 6.45) is 0. The van der Waals surface area contributed by atoms with Crippen molar-refractivity contribution in [2.75, 3.05) is 43.0 Å². The van der Waals surface area contributed by atoms with E-state index in [0.29, 0.717) is 48.3 Å². The summed E-state index contributed by atoms with van der Waals surface area (Å²) in [5.74, 6) is 0.666. The molecule has 0 saturated carbocycles. The third-order valence-corrected chi connectivity index (χ3v) is 8.84. The molecule has 3 aromatic rings. The van der Waals surface area contributed by atoms with Crippen molar-refractivity contribution >= 4 is 38.9 Å². The van der Waals surface area contributed by atoms with E-state index >= 15 is 0 Å². The number of carbonyl (C=O) groups is 1. The van der Waals surface area contributed by atoms with Gasteiger partial charge >= 0.3 is 0 Å². The number of aryl methyl sites for hydroxylation is 2. The van der Waals surface area contributed by atoms with Crippen molar-refractivity contribution in [1.82, 2.24) is 4.31 Å². The minimum atomic E-state index is -3.58. The van der Waals surface area contributed by atoms with Gasteiger partial charge in [-0.15, -0.1) is 0 Å². The number of anilines is 2. The molecule has 4 rings (SSSR count). The van der Waals surface area contributed by atoms with Gasteiger partial charge < -0.3 is 15.0 Å². The maximum Gasteiger partial charge on any atom is 0.262 e. The van der Waals surface area contributed by atoms with Gasteiger partial charge in [0.05, 0.1) is 21.3 Å². The van der Waals surface area contributed by atoms with Gasteiger partial charge in [-0.05, 0) is 61.2 Å². The van der Waals surface area contributed by atoms with Crippen LogP contribution in [0.3, 0.4) is 0 Å². The first-order valence-corrected chi connectivity index (χ1v) is 14.5. The molecule has 1 heterocycles. The number of rotatable bonds is 8. The highest BCUT2D eigenvalue weighted by Gasteiger charge is 2.30. The minimum absolute atomic E-state index is 0.141. The van der Waals surface area contributed by atoms with Crippen molar-refractivity contribution in [2.45, 2.75) is 38.5 Å². The van der Waals surface area contributed by atoms with Crippen LogP contribution in [0, 0.1) is 13.8 Å². The third-order valence-electron chi connectivity index (χ3n) is 6.62. The van der Waals surface area contributed by atoms with Gasteiger partial charge in [-0.2, -0.15) is 4.31 Å². The fraction of sp³-hybridized carbons (Fsp3) is 0.345. The number of benzene rings is 3. The van der Waals surface area contributed by atoms with Gasteiger partial charge in [0.15, 0.2) is 6.61 Å². The highest BCUT2D eigenvalue weighted by Crippen LogP contribution is 2.35. The van der Waals surface area contributed by atoms with Crippen LogP contribution >= 0.6 is 11.6 Å². The Hall–Kier alpha value is -3.07. The van der Waals surface area contributed by atoms with Crippen LogP contribution in [0.5, 0.6) is 5.75 Å². The van der Waals surface area contributed by atoms with E-state index in [-0.39, 0.29) is 23.3 Å². The molecule has 0 spiro atoms. The molecule has 0 unspecified atom stereocenters. The van der Waals surface area contributed by atoms with Crippen LogP contribution in [-0.2, 0) is 14.8 Å². The summed E-state index contributed by atoms with van der Waals surface area (Å²) in [5.41, 5.74) is 4.35. The Balaban J connectivity index is 1.44. The molecule has 1 N–H and O–H groups in total. The molecule has 0 aromatic heterocycles. The van der Waals surface area contributed by atoms with Crippen molar-refractivity contribution in [3.05, 3.63) is 82.4 Å². The third kappa shape index (κ3) is 6.31. The molecule has 0 atom stereocenters. The second-order valence-corrected chi connectivity index (χ2v) is 12.2. The first-order chi connectivity index (χ1) is 18.1. The van der Waals surface area contributed by atoms with Gasteiger partial charge in [-0.25, -0.2) is 8.42 Å². The molecular weight excluding hydrogens is 522 g/mol. The first kappa shape index (κ1) is 28.0. The topological polar surface area (TPSA) is 79.0 Å². The van der Waals surface area contributed by atoms with Crippen LogP contribution in [0.1, 0.15) is 36.5 Å². The first-order valence-electron chi connectivity index (χ1n) is 12.7. The number of amides is 1. The second kappa shape index (κ2) is 11.8. The van der Waals surface area contributed by atoms with Gasteiger partial charge in [0.2, 0.25) is 10.0 Å². The minimum Gasteiger partial charge on any atom is -0.483 e. The van der Waals surface area contributed by atoms with E-state index in [0.717, 1.165) is 16.7 Å². The van der Waals surface area contributed by atoms with E-state index in [4.69, 9.17) is 16.3 Å². The van der Waals surface area contributed by atoms with Crippen molar-refractivity contribution in [1.29, 1.82) is 0 Å². The van der Waals surface area contributed by atoms with Crippen molar-refractivity contribution < 1.29 is 17.9 Å². The van der Waals surface area contributed by atoms with Crippen molar-refractivity contribution in [3.63, 3.8) is 0 Å². The molecule has 7 nitrogen and oxygen atoms in total. The largest absolute Gasteiger partial charge is 0.483 e. The summed E-state index contributed by atoms with van der Waals surface area (Å²) < 4.78 is 33.6. The number of piperazine rings is 1. The number of sulfonamides is 1. The van der Waals surface area contributed by atoms with Crippen LogP contribution in [0.2, 0.25) is 5.02 Å². The van der Waals surface area contributed by atoms with E-state index < -0.39 is 10.0 Å². The Kier molecular flexibility index (Phi) is 8.65. The number of ether oxygens (including phenoxy) is 1. The molecule has 3 aromatic carbocycles. The average Bonchev–Trinajstić information content (AvgIpc) is 2.88. The lowest BCUT2D eigenvalue weighted by atomic mass is 10.0. The van der Waals surface area contributed by atoms with E-state index in [1.165, 1.54) is 4.31 Å². The summed E-state index contributed by atoms with van der Waals surface area (Å²) in [7, 11) is -3.58. The Morgan fingerprint density at radius 1 is 0.974 bits per heavy atom. The standard InChI is InChI=1S/C29H34ClN3O4S/c1-20(2)24-13-10-22(4)18-27(24)37-19-28(34)31-26-7-5-6-25(30)29(26)32-14-16-33(17-15-32)38(35,36)23-11-8-21(3)9-12-23/h5-13,18,20H,14-17,19H2,1-4H3,(H,31,34). The molecule has 1 aliphatic heterocycles. The molecule has 38 heavy (non-hydrogen) atoms. The Morgan fingerprint density at radius 3 is 2.29 bits per heavy atom. The Labute approximate surface area is 230 Å². The number of nitrogens with one attached hydrogen (secondary N) is 1. The zero-order valence-electron chi connectivity index (χ0n) is 22.2. The van der Waals surface area contributed by atoms with Gasteiger partial charge in [0, 0.05) is 26.2 Å². The highest BCUT2D eigenvalue weighted by molar-refractivity contribution is 7.89. The zero-order valence-corrected chi connectivity index (χ0v) is 23.8. The maximum absolute atomic E-state index is 13.1. The molecule has 0 aliphatic carbocycles. The van der Waals surface area contributed by atoms with Gasteiger partial charge in [-0.1, -0.05) is 61.3 Å². The number of nitrogens with zero attached hydrogens (tertiary/aromatic N) is 2. The van der Waals surface area contributed by atoms with Gasteiger partial charge in [-0.3, -0.25) is 4.79 Å². The van der Waals surface area contributed by atoms with Crippen LogP contribution in [0.4, 0.5) is 11.4 Å². The predicted octanol–water partition coefficient (Wildman–Crippen LogP) is 5.61. The SMILES string of the molecule is Cc1ccc(S(=O)(=O)N2CCN(c3c(Cl)cccc3NC(=O)COc3cc(C)ccc3C(C)C)CC2)cc1. The number of hydrogen-bond donors (Lipinski definition) is 1. The number of halogens is 1. The monoisotopic (exact) mass is 555 g/mol. The summed E-state index contributed by atoms with van der Waals surface area (Å²) >= 11 is 6.57. The lowest BCUT2D eigenvalue weighted by molar-refractivity contribution is -0.118. The number of carbonyl (C=O) groups excluding carboxylic acids is 1.